The Morgan fingerprint density at radius 3 is 2.56 bits per heavy atom. The van der Waals surface area contributed by atoms with E-state index in [1.165, 1.54) is 12.1 Å². The molecule has 2 aromatic heterocycles. The van der Waals surface area contributed by atoms with Crippen LogP contribution in [-0.4, -0.2) is 52.2 Å². The van der Waals surface area contributed by atoms with Crippen LogP contribution < -0.4 is 10.5 Å². The van der Waals surface area contributed by atoms with Crippen LogP contribution in [-0.2, 0) is 0 Å². The maximum Gasteiger partial charge on any atom is 0.274 e. The number of rotatable bonds is 2. The lowest BCUT2D eigenvalue weighted by Gasteiger charge is -2.35. The third-order valence-corrected chi connectivity index (χ3v) is 4.42. The molecule has 0 radical (unpaired) electrons. The molecule has 3 heterocycles. The molecule has 1 saturated heterocycles. The van der Waals surface area contributed by atoms with Crippen LogP contribution in [0.2, 0.25) is 0 Å². The maximum absolute atomic E-state index is 12.5. The molecule has 1 amide bonds. The van der Waals surface area contributed by atoms with Gasteiger partial charge >= 0.3 is 0 Å². The standard InChI is InChI=1S/C18H17N5O2/c24-16-6-5-15(20-21-16)18(25)23-11-9-22(10-12-23)17-14-4-2-1-3-13(14)7-8-19-17/h1-8H,9-12H2,(H,21,24). The minimum atomic E-state index is -0.316. The lowest BCUT2D eigenvalue weighted by atomic mass is 10.1. The summed E-state index contributed by atoms with van der Waals surface area (Å²) < 4.78 is 0. The fraction of sp³-hybridized carbons (Fsp3) is 0.222. The molecule has 1 fully saturated rings. The van der Waals surface area contributed by atoms with E-state index in [0.29, 0.717) is 26.2 Å². The van der Waals surface area contributed by atoms with E-state index in [-0.39, 0.29) is 17.2 Å². The van der Waals surface area contributed by atoms with E-state index < -0.39 is 0 Å². The number of aromatic nitrogens is 3. The number of carbonyl (C=O) groups is 1. The van der Waals surface area contributed by atoms with Crippen molar-refractivity contribution in [1.29, 1.82) is 0 Å². The van der Waals surface area contributed by atoms with Gasteiger partial charge in [0.05, 0.1) is 0 Å². The van der Waals surface area contributed by atoms with Crippen molar-refractivity contribution < 1.29 is 4.79 Å². The molecule has 0 atom stereocenters. The number of H-pyrrole nitrogens is 1. The second-order valence-electron chi connectivity index (χ2n) is 5.94. The number of piperazine rings is 1. The summed E-state index contributed by atoms with van der Waals surface area (Å²) >= 11 is 0. The first-order valence-corrected chi connectivity index (χ1v) is 8.16. The van der Waals surface area contributed by atoms with Crippen molar-refractivity contribution in [2.45, 2.75) is 0 Å². The van der Waals surface area contributed by atoms with Gasteiger partial charge in [-0.25, -0.2) is 10.1 Å². The highest BCUT2D eigenvalue weighted by Crippen LogP contribution is 2.25. The van der Waals surface area contributed by atoms with Gasteiger partial charge in [-0.2, -0.15) is 5.10 Å². The molecule has 25 heavy (non-hydrogen) atoms. The van der Waals surface area contributed by atoms with Gasteiger partial charge in [0.1, 0.15) is 11.5 Å². The zero-order chi connectivity index (χ0) is 17.2. The molecule has 4 rings (SSSR count). The third kappa shape index (κ3) is 2.96. The number of hydrogen-bond acceptors (Lipinski definition) is 5. The number of hydrogen-bond donors (Lipinski definition) is 1. The largest absolute Gasteiger partial charge is 0.353 e. The van der Waals surface area contributed by atoms with E-state index in [1.807, 2.05) is 24.4 Å². The second-order valence-corrected chi connectivity index (χ2v) is 5.94. The van der Waals surface area contributed by atoms with E-state index in [4.69, 9.17) is 0 Å². The molecule has 0 saturated carbocycles. The summed E-state index contributed by atoms with van der Waals surface area (Å²) in [4.78, 5) is 32.0. The Morgan fingerprint density at radius 2 is 1.80 bits per heavy atom. The molecule has 126 valence electrons. The average molecular weight is 335 g/mol. The number of fused-ring (bicyclic) bond motifs is 1. The Morgan fingerprint density at radius 1 is 1.00 bits per heavy atom. The van der Waals surface area contributed by atoms with E-state index in [0.717, 1.165) is 16.6 Å². The van der Waals surface area contributed by atoms with Crippen LogP contribution in [0.5, 0.6) is 0 Å². The van der Waals surface area contributed by atoms with Gasteiger partial charge < -0.3 is 9.80 Å². The highest BCUT2D eigenvalue weighted by molar-refractivity contribution is 5.93. The van der Waals surface area contributed by atoms with E-state index in [9.17, 15) is 9.59 Å². The molecule has 1 aliphatic rings. The Bertz CT molecular complexity index is 951. The van der Waals surface area contributed by atoms with Crippen molar-refractivity contribution in [2.24, 2.45) is 0 Å². The van der Waals surface area contributed by atoms with Crippen LogP contribution in [0.3, 0.4) is 0 Å². The highest BCUT2D eigenvalue weighted by Gasteiger charge is 2.24. The van der Waals surface area contributed by atoms with Gasteiger partial charge in [0, 0.05) is 43.8 Å². The summed E-state index contributed by atoms with van der Waals surface area (Å²) in [6, 6.07) is 12.9. The lowest BCUT2D eigenvalue weighted by molar-refractivity contribution is 0.0739. The maximum atomic E-state index is 12.5. The number of aromatic amines is 1. The molecule has 1 N–H and O–H groups in total. The van der Waals surface area contributed by atoms with Crippen LogP contribution in [0, 0.1) is 0 Å². The van der Waals surface area contributed by atoms with Gasteiger partial charge in [-0.1, -0.05) is 24.3 Å². The van der Waals surface area contributed by atoms with Crippen molar-refractivity contribution >= 4 is 22.5 Å². The van der Waals surface area contributed by atoms with Crippen LogP contribution in [0.4, 0.5) is 5.82 Å². The number of benzene rings is 1. The van der Waals surface area contributed by atoms with E-state index in [2.05, 4.69) is 32.2 Å². The zero-order valence-corrected chi connectivity index (χ0v) is 13.6. The topological polar surface area (TPSA) is 82.2 Å². The normalized spacial score (nSPS) is 14.7. The molecular formula is C18H17N5O2. The van der Waals surface area contributed by atoms with E-state index >= 15 is 0 Å². The van der Waals surface area contributed by atoms with Crippen LogP contribution >= 0.6 is 0 Å². The first-order valence-electron chi connectivity index (χ1n) is 8.16. The van der Waals surface area contributed by atoms with E-state index in [1.54, 1.807) is 4.90 Å². The summed E-state index contributed by atoms with van der Waals surface area (Å²) in [5.74, 6) is 0.786. The number of nitrogens with one attached hydrogen (secondary N) is 1. The zero-order valence-electron chi connectivity index (χ0n) is 13.6. The van der Waals surface area contributed by atoms with Gasteiger partial charge in [0.25, 0.3) is 11.5 Å². The Balaban J connectivity index is 1.50. The SMILES string of the molecule is O=C(c1ccc(=O)[nH]n1)N1CCN(c2nccc3ccccc23)CC1. The molecule has 1 aromatic carbocycles. The van der Waals surface area contributed by atoms with Crippen LogP contribution in [0.15, 0.2) is 53.5 Å². The predicted octanol–water partition coefficient (Wildman–Crippen LogP) is 1.28. The fourth-order valence-electron chi connectivity index (χ4n) is 3.10. The van der Waals surface area contributed by atoms with Gasteiger partial charge in [-0.3, -0.25) is 9.59 Å². The summed E-state index contributed by atoms with van der Waals surface area (Å²) in [7, 11) is 0. The van der Waals surface area contributed by atoms with Gasteiger partial charge in [0.15, 0.2) is 0 Å². The molecular weight excluding hydrogens is 318 g/mol. The summed E-state index contributed by atoms with van der Waals surface area (Å²) in [5.41, 5.74) is -0.0558. The van der Waals surface area contributed by atoms with Crippen molar-refractivity contribution in [3.8, 4) is 0 Å². The van der Waals surface area contributed by atoms with Gasteiger partial charge in [0.2, 0.25) is 0 Å². The Kier molecular flexibility index (Phi) is 3.89. The van der Waals surface area contributed by atoms with Crippen LogP contribution in [0.25, 0.3) is 10.8 Å². The number of anilines is 1. The first-order chi connectivity index (χ1) is 12.2. The molecule has 1 aliphatic heterocycles. The molecule has 0 aliphatic carbocycles. The lowest BCUT2D eigenvalue weighted by Crippen LogP contribution is -2.49. The highest BCUT2D eigenvalue weighted by atomic mass is 16.2. The van der Waals surface area contributed by atoms with Crippen molar-refractivity contribution in [2.75, 3.05) is 31.1 Å². The average Bonchev–Trinajstić information content (AvgIpc) is 2.68. The Hall–Kier alpha value is -3.22. The summed E-state index contributed by atoms with van der Waals surface area (Å²) in [6.45, 7) is 2.58. The number of pyridine rings is 1. The van der Waals surface area contributed by atoms with Crippen molar-refractivity contribution in [3.63, 3.8) is 0 Å². The minimum absolute atomic E-state index is 0.165. The molecule has 3 aromatic rings. The van der Waals surface area contributed by atoms with Gasteiger partial charge in [-0.15, -0.1) is 0 Å². The third-order valence-electron chi connectivity index (χ3n) is 4.42. The molecule has 0 unspecified atom stereocenters. The summed E-state index contributed by atoms with van der Waals surface area (Å²) in [5, 5.41) is 8.39. The van der Waals surface area contributed by atoms with Crippen molar-refractivity contribution in [1.82, 2.24) is 20.1 Å². The first kappa shape index (κ1) is 15.3. The quantitative estimate of drug-likeness (QED) is 0.763. The number of carbonyl (C=O) groups excluding carboxylic acids is 1. The number of nitrogens with zero attached hydrogens (tertiary/aromatic N) is 4. The predicted molar refractivity (Wildman–Crippen MR) is 94.7 cm³/mol. The molecule has 0 spiro atoms. The minimum Gasteiger partial charge on any atom is -0.353 e. The van der Waals surface area contributed by atoms with Gasteiger partial charge in [-0.05, 0) is 17.5 Å². The van der Waals surface area contributed by atoms with Crippen LogP contribution in [0.1, 0.15) is 10.5 Å². The van der Waals surface area contributed by atoms with Crippen molar-refractivity contribution in [3.05, 3.63) is 64.7 Å². The fourth-order valence-corrected chi connectivity index (χ4v) is 3.10. The summed E-state index contributed by atoms with van der Waals surface area (Å²) in [6.07, 6.45) is 1.82. The second kappa shape index (κ2) is 6.35. The number of amides is 1. The smallest absolute Gasteiger partial charge is 0.274 e. The molecule has 0 bridgehead atoms. The Labute approximate surface area is 143 Å². The molecule has 7 nitrogen and oxygen atoms in total. The molecule has 7 heteroatoms. The monoisotopic (exact) mass is 335 g/mol.